The van der Waals surface area contributed by atoms with Gasteiger partial charge in [0, 0.05) is 12.0 Å². The summed E-state index contributed by atoms with van der Waals surface area (Å²) in [5.41, 5.74) is 0.355. The van der Waals surface area contributed by atoms with Crippen LogP contribution in [0.5, 0.6) is 0 Å². The number of unbranched alkanes of at least 4 members (excludes halogenated alkanes) is 9. The van der Waals surface area contributed by atoms with Gasteiger partial charge in [-0.3, -0.25) is 0 Å². The van der Waals surface area contributed by atoms with Crippen LogP contribution in [0.15, 0.2) is 0 Å². The molecule has 0 aliphatic carbocycles. The van der Waals surface area contributed by atoms with Crippen LogP contribution < -0.4 is 0 Å². The molecule has 1 aliphatic rings. The minimum absolute atomic E-state index is 0.355. The fraction of sp³-hybridized carbons (Fsp3) is 0.944. The van der Waals surface area contributed by atoms with Crippen LogP contribution in [0.2, 0.25) is 0 Å². The molecule has 0 saturated carbocycles. The summed E-state index contributed by atoms with van der Waals surface area (Å²) < 4.78 is 11.1. The lowest BCUT2D eigenvalue weighted by Gasteiger charge is -2.40. The molecule has 0 bridgehead atoms. The Hall–Kier alpha value is -0.0800. The van der Waals surface area contributed by atoms with E-state index in [1.165, 1.54) is 64.2 Å². The van der Waals surface area contributed by atoms with E-state index in [4.69, 9.17) is 9.47 Å². The Morgan fingerprint density at radius 1 is 0.900 bits per heavy atom. The van der Waals surface area contributed by atoms with E-state index in [1.54, 1.807) is 0 Å². The van der Waals surface area contributed by atoms with Gasteiger partial charge >= 0.3 is 0 Å². The maximum absolute atomic E-state index is 5.82. The SMILES string of the molecule is [CH2]CCCCCCCCCCCOCC1(CC)COC1. The van der Waals surface area contributed by atoms with Crippen LogP contribution in [0.4, 0.5) is 0 Å². The van der Waals surface area contributed by atoms with Gasteiger partial charge in [0.25, 0.3) is 0 Å². The lowest BCUT2D eigenvalue weighted by molar-refractivity contribution is -0.150. The Labute approximate surface area is 126 Å². The van der Waals surface area contributed by atoms with Crippen LogP contribution in [0.3, 0.4) is 0 Å². The molecule has 0 N–H and O–H groups in total. The molecule has 0 spiro atoms. The highest BCUT2D eigenvalue weighted by Gasteiger charge is 2.36. The Bertz CT molecular complexity index is 206. The monoisotopic (exact) mass is 283 g/mol. The summed E-state index contributed by atoms with van der Waals surface area (Å²) in [5, 5.41) is 0. The highest BCUT2D eigenvalue weighted by molar-refractivity contribution is 4.83. The summed E-state index contributed by atoms with van der Waals surface area (Å²) in [7, 11) is 0. The van der Waals surface area contributed by atoms with Crippen LogP contribution in [-0.4, -0.2) is 26.4 Å². The Kier molecular flexibility index (Phi) is 10.4. The van der Waals surface area contributed by atoms with Crippen molar-refractivity contribution in [2.24, 2.45) is 5.41 Å². The van der Waals surface area contributed by atoms with Gasteiger partial charge in [0.05, 0.1) is 19.8 Å². The highest BCUT2D eigenvalue weighted by atomic mass is 16.5. The Morgan fingerprint density at radius 2 is 1.45 bits per heavy atom. The minimum atomic E-state index is 0.355. The van der Waals surface area contributed by atoms with Crippen molar-refractivity contribution in [1.29, 1.82) is 0 Å². The molecule has 1 aliphatic heterocycles. The van der Waals surface area contributed by atoms with Gasteiger partial charge in [0.2, 0.25) is 0 Å². The predicted octanol–water partition coefficient (Wildman–Crippen LogP) is 5.16. The first-order valence-corrected chi connectivity index (χ1v) is 8.78. The largest absolute Gasteiger partial charge is 0.381 e. The van der Waals surface area contributed by atoms with Crippen molar-refractivity contribution in [2.75, 3.05) is 26.4 Å². The second-order valence-corrected chi connectivity index (χ2v) is 6.43. The molecular formula is C18H35O2. The topological polar surface area (TPSA) is 18.5 Å². The van der Waals surface area contributed by atoms with Crippen molar-refractivity contribution in [3.63, 3.8) is 0 Å². The number of rotatable bonds is 14. The van der Waals surface area contributed by atoms with Gasteiger partial charge < -0.3 is 9.47 Å². The van der Waals surface area contributed by atoms with Crippen molar-refractivity contribution < 1.29 is 9.47 Å². The van der Waals surface area contributed by atoms with Gasteiger partial charge in [-0.1, -0.05) is 71.6 Å². The highest BCUT2D eigenvalue weighted by Crippen LogP contribution is 2.31. The fourth-order valence-electron chi connectivity index (χ4n) is 2.69. The maximum Gasteiger partial charge on any atom is 0.0566 e. The molecular weight excluding hydrogens is 248 g/mol. The van der Waals surface area contributed by atoms with E-state index < -0.39 is 0 Å². The summed E-state index contributed by atoms with van der Waals surface area (Å²) in [6.07, 6.45) is 14.5. The summed E-state index contributed by atoms with van der Waals surface area (Å²) in [6, 6.07) is 0. The summed E-state index contributed by atoms with van der Waals surface area (Å²) >= 11 is 0. The van der Waals surface area contributed by atoms with E-state index in [0.717, 1.165) is 32.8 Å². The maximum atomic E-state index is 5.82. The number of hydrogen-bond acceptors (Lipinski definition) is 2. The van der Waals surface area contributed by atoms with Gasteiger partial charge in [-0.05, 0) is 12.8 Å². The van der Waals surface area contributed by atoms with Gasteiger partial charge in [0.15, 0.2) is 0 Å². The van der Waals surface area contributed by atoms with Crippen molar-refractivity contribution in [2.45, 2.75) is 77.6 Å². The molecule has 1 fully saturated rings. The quantitative estimate of drug-likeness (QED) is 0.410. The van der Waals surface area contributed by atoms with Crippen molar-refractivity contribution >= 4 is 0 Å². The molecule has 1 rings (SSSR count). The lowest BCUT2D eigenvalue weighted by atomic mass is 9.84. The van der Waals surface area contributed by atoms with E-state index in [2.05, 4.69) is 13.8 Å². The third-order valence-corrected chi connectivity index (χ3v) is 4.51. The average molecular weight is 283 g/mol. The van der Waals surface area contributed by atoms with E-state index in [0.29, 0.717) is 5.41 Å². The summed E-state index contributed by atoms with van der Waals surface area (Å²) in [6.45, 7) is 9.75. The number of hydrogen-bond donors (Lipinski definition) is 0. The smallest absolute Gasteiger partial charge is 0.0566 e. The normalized spacial score (nSPS) is 17.1. The molecule has 0 amide bonds. The molecule has 0 atom stereocenters. The van der Waals surface area contributed by atoms with Crippen molar-refractivity contribution in [3.05, 3.63) is 6.92 Å². The minimum Gasteiger partial charge on any atom is -0.381 e. The van der Waals surface area contributed by atoms with Gasteiger partial charge in [0.1, 0.15) is 0 Å². The summed E-state index contributed by atoms with van der Waals surface area (Å²) in [4.78, 5) is 0. The van der Waals surface area contributed by atoms with E-state index >= 15 is 0 Å². The zero-order valence-corrected chi connectivity index (χ0v) is 13.6. The molecule has 0 aromatic rings. The van der Waals surface area contributed by atoms with E-state index in [9.17, 15) is 0 Å². The van der Waals surface area contributed by atoms with Gasteiger partial charge in [-0.2, -0.15) is 0 Å². The zero-order valence-electron chi connectivity index (χ0n) is 13.6. The standard InChI is InChI=1S/C18H35O2/c1-3-5-6-7-8-9-10-11-12-13-14-19-15-18(4-2)16-20-17-18/h1,3-17H2,2H3. The van der Waals surface area contributed by atoms with Crippen molar-refractivity contribution in [3.8, 4) is 0 Å². The summed E-state index contributed by atoms with van der Waals surface area (Å²) in [5.74, 6) is 0. The van der Waals surface area contributed by atoms with Gasteiger partial charge in [-0.25, -0.2) is 0 Å². The molecule has 0 unspecified atom stereocenters. The molecule has 1 heterocycles. The first-order chi connectivity index (χ1) is 9.83. The molecule has 1 saturated heterocycles. The van der Waals surface area contributed by atoms with Crippen LogP contribution >= 0.6 is 0 Å². The predicted molar refractivity (Wildman–Crippen MR) is 85.9 cm³/mol. The van der Waals surface area contributed by atoms with Gasteiger partial charge in [-0.15, -0.1) is 0 Å². The van der Waals surface area contributed by atoms with Crippen LogP contribution in [0.1, 0.15) is 77.6 Å². The first-order valence-electron chi connectivity index (χ1n) is 8.78. The lowest BCUT2D eigenvalue weighted by Crippen LogP contribution is -2.45. The van der Waals surface area contributed by atoms with E-state index in [1.807, 2.05) is 0 Å². The van der Waals surface area contributed by atoms with Crippen molar-refractivity contribution in [1.82, 2.24) is 0 Å². The average Bonchev–Trinajstić information content (AvgIpc) is 2.42. The van der Waals surface area contributed by atoms with Crippen LogP contribution in [-0.2, 0) is 9.47 Å². The molecule has 0 aromatic carbocycles. The molecule has 1 radical (unpaired) electrons. The first kappa shape index (κ1) is 18.0. The number of ether oxygens (including phenoxy) is 2. The molecule has 0 aromatic heterocycles. The van der Waals surface area contributed by atoms with E-state index in [-0.39, 0.29) is 0 Å². The molecule has 2 heteroatoms. The molecule has 2 nitrogen and oxygen atoms in total. The second-order valence-electron chi connectivity index (χ2n) is 6.43. The second kappa shape index (κ2) is 11.6. The Morgan fingerprint density at radius 3 is 1.90 bits per heavy atom. The Balaban J connectivity index is 1.74. The molecule has 119 valence electrons. The third-order valence-electron chi connectivity index (χ3n) is 4.51. The van der Waals surface area contributed by atoms with Crippen LogP contribution in [0.25, 0.3) is 0 Å². The molecule has 20 heavy (non-hydrogen) atoms. The fourth-order valence-corrected chi connectivity index (χ4v) is 2.69. The zero-order chi connectivity index (χ0) is 14.5. The van der Waals surface area contributed by atoms with Crippen LogP contribution in [0, 0.1) is 12.3 Å². The third kappa shape index (κ3) is 7.64.